The Morgan fingerprint density at radius 3 is 2.38 bits per heavy atom. The van der Waals surface area contributed by atoms with Crippen molar-refractivity contribution in [2.45, 2.75) is 13.1 Å². The lowest BCUT2D eigenvalue weighted by Gasteiger charge is -2.13. The molecule has 0 unspecified atom stereocenters. The molecule has 0 heterocycles. The van der Waals surface area contributed by atoms with Gasteiger partial charge in [-0.25, -0.2) is 0 Å². The van der Waals surface area contributed by atoms with E-state index in [0.717, 1.165) is 12.1 Å². The summed E-state index contributed by atoms with van der Waals surface area (Å²) in [5.74, 6) is -1.17. The van der Waals surface area contributed by atoms with Gasteiger partial charge < -0.3 is 16.0 Å². The number of hydrogen-bond acceptors (Lipinski definition) is 3. The van der Waals surface area contributed by atoms with E-state index in [4.69, 9.17) is 0 Å². The molecule has 3 N–H and O–H groups in total. The number of carbonyl (C=O) groups excluding carboxylic acids is 2. The van der Waals surface area contributed by atoms with Crippen molar-refractivity contribution >= 4 is 17.5 Å². The molecule has 5 nitrogen and oxygen atoms in total. The van der Waals surface area contributed by atoms with Crippen molar-refractivity contribution in [1.82, 2.24) is 10.6 Å². The Kier molecular flexibility index (Phi) is 5.57. The number of likely N-dealkylation sites (N-methyl/N-ethyl adjacent to an activating group) is 1. The summed E-state index contributed by atoms with van der Waals surface area (Å²) < 4.78 is 38.0. The molecule has 0 bridgehead atoms. The van der Waals surface area contributed by atoms with Gasteiger partial charge in [-0.05, 0) is 25.1 Å². The fraction of sp³-hybridized carbons (Fsp3) is 0.385. The maximum absolute atomic E-state index is 12.7. The number of anilines is 1. The number of hydrogen-bond donors (Lipinski definition) is 3. The molecule has 8 heteroatoms. The molecule has 0 aliphatic heterocycles. The maximum atomic E-state index is 12.7. The zero-order valence-electron chi connectivity index (χ0n) is 11.6. The van der Waals surface area contributed by atoms with Gasteiger partial charge in [0.2, 0.25) is 5.91 Å². The Morgan fingerprint density at radius 2 is 1.86 bits per heavy atom. The zero-order valence-corrected chi connectivity index (χ0v) is 11.6. The summed E-state index contributed by atoms with van der Waals surface area (Å²) in [5.41, 5.74) is -0.849. The molecule has 1 aromatic carbocycles. The average molecular weight is 303 g/mol. The summed E-state index contributed by atoms with van der Waals surface area (Å²) in [7, 11) is 1.49. The number of nitrogens with one attached hydrogen (secondary N) is 3. The van der Waals surface area contributed by atoms with Crippen LogP contribution in [0.4, 0.5) is 18.9 Å². The van der Waals surface area contributed by atoms with Crippen LogP contribution in [0.3, 0.4) is 0 Å². The van der Waals surface area contributed by atoms with E-state index in [1.807, 2.05) is 0 Å². The number of rotatable bonds is 5. The Balaban J connectivity index is 2.93. The Morgan fingerprint density at radius 1 is 1.19 bits per heavy atom. The molecular formula is C13H16F3N3O2. The van der Waals surface area contributed by atoms with Gasteiger partial charge in [0, 0.05) is 19.3 Å². The molecule has 0 atom stereocenters. The molecule has 2 amide bonds. The van der Waals surface area contributed by atoms with Crippen LogP contribution in [-0.2, 0) is 11.0 Å². The van der Waals surface area contributed by atoms with Gasteiger partial charge in [0.05, 0.1) is 17.7 Å². The van der Waals surface area contributed by atoms with E-state index in [-0.39, 0.29) is 17.8 Å². The molecule has 0 spiro atoms. The van der Waals surface area contributed by atoms with Gasteiger partial charge in [0.25, 0.3) is 5.91 Å². The second kappa shape index (κ2) is 6.96. The van der Waals surface area contributed by atoms with Gasteiger partial charge in [-0.1, -0.05) is 0 Å². The quantitative estimate of drug-likeness (QED) is 0.774. The molecule has 1 aromatic rings. The second-order valence-corrected chi connectivity index (χ2v) is 4.14. The smallest absolute Gasteiger partial charge is 0.387 e. The van der Waals surface area contributed by atoms with Gasteiger partial charge in [0.15, 0.2) is 0 Å². The van der Waals surface area contributed by atoms with Crippen LogP contribution >= 0.6 is 0 Å². The first-order valence-corrected chi connectivity index (χ1v) is 6.23. The van der Waals surface area contributed by atoms with Crippen LogP contribution in [0.25, 0.3) is 0 Å². The lowest BCUT2D eigenvalue weighted by molar-refractivity contribution is -0.137. The van der Waals surface area contributed by atoms with Gasteiger partial charge in [-0.15, -0.1) is 0 Å². The summed E-state index contributed by atoms with van der Waals surface area (Å²) in [6.45, 7) is 1.82. The molecule has 0 aliphatic carbocycles. The van der Waals surface area contributed by atoms with Crippen LogP contribution in [0.15, 0.2) is 18.2 Å². The fourth-order valence-corrected chi connectivity index (χ4v) is 1.64. The number of benzene rings is 1. The van der Waals surface area contributed by atoms with Gasteiger partial charge >= 0.3 is 6.18 Å². The van der Waals surface area contributed by atoms with Crippen LogP contribution in [0.2, 0.25) is 0 Å². The van der Waals surface area contributed by atoms with Crippen molar-refractivity contribution in [3.63, 3.8) is 0 Å². The van der Waals surface area contributed by atoms with E-state index in [2.05, 4.69) is 16.0 Å². The second-order valence-electron chi connectivity index (χ2n) is 4.14. The van der Waals surface area contributed by atoms with Gasteiger partial charge in [0.1, 0.15) is 0 Å². The number of carbonyl (C=O) groups is 2. The maximum Gasteiger partial charge on any atom is 0.416 e. The highest BCUT2D eigenvalue weighted by atomic mass is 19.4. The Labute approximate surface area is 119 Å². The van der Waals surface area contributed by atoms with Crippen LogP contribution in [-0.4, -0.2) is 32.0 Å². The minimum absolute atomic E-state index is 0.170. The van der Waals surface area contributed by atoms with E-state index in [0.29, 0.717) is 6.54 Å². The van der Waals surface area contributed by atoms with Crippen LogP contribution < -0.4 is 16.0 Å². The van der Waals surface area contributed by atoms with Crippen LogP contribution in [0.1, 0.15) is 22.8 Å². The van der Waals surface area contributed by atoms with E-state index in [1.165, 1.54) is 13.1 Å². The first-order chi connectivity index (χ1) is 9.79. The van der Waals surface area contributed by atoms with Crippen LogP contribution in [0.5, 0.6) is 0 Å². The van der Waals surface area contributed by atoms with Crippen LogP contribution in [0, 0.1) is 0 Å². The topological polar surface area (TPSA) is 70.2 Å². The van der Waals surface area contributed by atoms with Crippen molar-refractivity contribution in [3.05, 3.63) is 29.3 Å². The Bertz CT molecular complexity index is 530. The number of halogens is 3. The molecule has 0 radical (unpaired) electrons. The predicted octanol–water partition coefficient (Wildman–Crippen LogP) is 1.61. The third-order valence-corrected chi connectivity index (χ3v) is 2.64. The fourth-order valence-electron chi connectivity index (χ4n) is 1.64. The van der Waals surface area contributed by atoms with Gasteiger partial charge in [-0.2, -0.15) is 13.2 Å². The summed E-state index contributed by atoms with van der Waals surface area (Å²) in [6, 6.07) is 2.80. The number of amides is 2. The van der Waals surface area contributed by atoms with Gasteiger partial charge in [-0.3, -0.25) is 9.59 Å². The van der Waals surface area contributed by atoms with Crippen molar-refractivity contribution < 1.29 is 22.8 Å². The largest absolute Gasteiger partial charge is 0.416 e. The lowest BCUT2D eigenvalue weighted by atomic mass is 10.1. The molecule has 21 heavy (non-hydrogen) atoms. The molecule has 0 aromatic heterocycles. The third kappa shape index (κ3) is 4.66. The minimum Gasteiger partial charge on any atom is -0.387 e. The average Bonchev–Trinajstić information content (AvgIpc) is 2.43. The molecule has 0 saturated carbocycles. The standard InChI is InChI=1S/C13H16F3N3O2/c1-3-18-11(20)7-19-12(21)9-6-8(13(14,15)16)4-5-10(9)17-2/h4-6,17H,3,7H2,1-2H3,(H,18,20)(H,19,21). The molecule has 0 aliphatic rings. The SMILES string of the molecule is CCNC(=O)CNC(=O)c1cc(C(F)(F)F)ccc1NC. The highest BCUT2D eigenvalue weighted by Crippen LogP contribution is 2.31. The summed E-state index contributed by atoms with van der Waals surface area (Å²) in [4.78, 5) is 23.2. The molecule has 0 fully saturated rings. The first kappa shape index (κ1) is 16.8. The van der Waals surface area contributed by atoms with Crippen molar-refractivity contribution in [3.8, 4) is 0 Å². The minimum atomic E-state index is -4.54. The van der Waals surface area contributed by atoms with E-state index in [1.54, 1.807) is 6.92 Å². The van der Waals surface area contributed by atoms with Crippen molar-refractivity contribution in [1.29, 1.82) is 0 Å². The normalized spacial score (nSPS) is 10.9. The molecular weight excluding hydrogens is 287 g/mol. The van der Waals surface area contributed by atoms with E-state index < -0.39 is 23.6 Å². The highest BCUT2D eigenvalue weighted by molar-refractivity contribution is 6.01. The van der Waals surface area contributed by atoms with Crippen molar-refractivity contribution in [2.75, 3.05) is 25.5 Å². The molecule has 116 valence electrons. The van der Waals surface area contributed by atoms with E-state index >= 15 is 0 Å². The third-order valence-electron chi connectivity index (χ3n) is 2.64. The lowest BCUT2D eigenvalue weighted by Crippen LogP contribution is -2.37. The monoisotopic (exact) mass is 303 g/mol. The van der Waals surface area contributed by atoms with Crippen molar-refractivity contribution in [2.24, 2.45) is 0 Å². The molecule has 1 rings (SSSR count). The summed E-state index contributed by atoms with van der Waals surface area (Å²) >= 11 is 0. The first-order valence-electron chi connectivity index (χ1n) is 6.23. The Hall–Kier alpha value is -2.25. The zero-order chi connectivity index (χ0) is 16.0. The summed E-state index contributed by atoms with van der Waals surface area (Å²) in [6.07, 6.45) is -4.54. The predicted molar refractivity (Wildman–Crippen MR) is 72.0 cm³/mol. The number of alkyl halides is 3. The molecule has 0 saturated heterocycles. The highest BCUT2D eigenvalue weighted by Gasteiger charge is 2.31. The summed E-state index contributed by atoms with van der Waals surface area (Å²) in [5, 5.41) is 7.39. The van der Waals surface area contributed by atoms with E-state index in [9.17, 15) is 22.8 Å².